The molecule has 0 spiro atoms. The highest BCUT2D eigenvalue weighted by Crippen LogP contribution is 2.24. The smallest absolute Gasteiger partial charge is 0.320 e. The Bertz CT molecular complexity index is 405. The van der Waals surface area contributed by atoms with Gasteiger partial charge < -0.3 is 10.4 Å². The van der Waals surface area contributed by atoms with Crippen molar-refractivity contribution in [2.45, 2.75) is 38.6 Å². The first-order valence-electron chi connectivity index (χ1n) is 6.44. The van der Waals surface area contributed by atoms with E-state index in [1.807, 2.05) is 19.1 Å². The number of carbonyl (C=O) groups is 1. The Hall–Kier alpha value is -1.07. The van der Waals surface area contributed by atoms with Crippen LogP contribution < -0.4 is 10.6 Å². The first-order valence-corrected chi connectivity index (χ1v) is 7.25. The van der Waals surface area contributed by atoms with E-state index in [0.29, 0.717) is 0 Å². The van der Waals surface area contributed by atoms with Crippen LogP contribution in [0.25, 0.3) is 0 Å². The quantitative estimate of drug-likeness (QED) is 0.789. The van der Waals surface area contributed by atoms with Crippen LogP contribution in [0.1, 0.15) is 30.6 Å². The average Bonchev–Trinajstić information content (AvgIpc) is 2.75. The number of aliphatic hydroxyl groups excluding tert-OH is 1. The second-order valence-electron chi connectivity index (χ2n) is 4.84. The van der Waals surface area contributed by atoms with Crippen molar-refractivity contribution >= 4 is 22.4 Å². The summed E-state index contributed by atoms with van der Waals surface area (Å²) in [4.78, 5) is 13.0. The van der Waals surface area contributed by atoms with Crippen molar-refractivity contribution in [2.24, 2.45) is 5.92 Å². The molecule has 100 valence electrons. The zero-order valence-corrected chi connectivity index (χ0v) is 11.4. The van der Waals surface area contributed by atoms with E-state index in [4.69, 9.17) is 0 Å². The molecule has 0 bridgehead atoms. The van der Waals surface area contributed by atoms with Crippen molar-refractivity contribution in [2.75, 3.05) is 11.9 Å². The average molecular weight is 268 g/mol. The highest BCUT2D eigenvalue weighted by Gasteiger charge is 2.25. The number of aliphatic hydroxyl groups is 1. The lowest BCUT2D eigenvalue weighted by Crippen LogP contribution is -2.45. The fourth-order valence-electron chi connectivity index (χ4n) is 2.43. The molecule has 0 aliphatic heterocycles. The van der Waals surface area contributed by atoms with Crippen molar-refractivity contribution in [3.8, 4) is 0 Å². The van der Waals surface area contributed by atoms with Crippen molar-refractivity contribution in [3.63, 3.8) is 0 Å². The molecule has 1 aromatic rings. The molecule has 0 aromatic carbocycles. The Balaban J connectivity index is 1.86. The van der Waals surface area contributed by atoms with E-state index in [-0.39, 0.29) is 24.6 Å². The molecule has 1 fully saturated rings. The lowest BCUT2D eigenvalue weighted by Gasteiger charge is -2.30. The molecule has 2 amide bonds. The van der Waals surface area contributed by atoms with E-state index in [1.54, 1.807) is 11.3 Å². The van der Waals surface area contributed by atoms with Gasteiger partial charge in [0.2, 0.25) is 0 Å². The second-order valence-corrected chi connectivity index (χ2v) is 6.13. The zero-order chi connectivity index (χ0) is 13.0. The molecular formula is C13H20N2O2S. The first-order chi connectivity index (χ1) is 8.69. The lowest BCUT2D eigenvalue weighted by molar-refractivity contribution is 0.156. The lowest BCUT2D eigenvalue weighted by atomic mass is 9.85. The maximum atomic E-state index is 11.9. The predicted octanol–water partition coefficient (Wildman–Crippen LogP) is 2.73. The van der Waals surface area contributed by atoms with Gasteiger partial charge in [0.1, 0.15) is 0 Å². The van der Waals surface area contributed by atoms with Gasteiger partial charge in [-0.2, -0.15) is 0 Å². The Kier molecular flexibility index (Phi) is 4.60. The van der Waals surface area contributed by atoms with Gasteiger partial charge >= 0.3 is 6.03 Å². The number of amides is 2. The van der Waals surface area contributed by atoms with Crippen LogP contribution in [0, 0.1) is 12.8 Å². The summed E-state index contributed by atoms with van der Waals surface area (Å²) in [5.41, 5.74) is 0. The third kappa shape index (κ3) is 3.46. The summed E-state index contributed by atoms with van der Waals surface area (Å²) in [5, 5.41) is 16.0. The fourth-order valence-corrected chi connectivity index (χ4v) is 3.20. The number of anilines is 1. The van der Waals surface area contributed by atoms with Crippen LogP contribution in [-0.4, -0.2) is 23.8 Å². The Morgan fingerprint density at radius 2 is 2.22 bits per heavy atom. The summed E-state index contributed by atoms with van der Waals surface area (Å²) in [6.45, 7) is 2.17. The molecular weight excluding hydrogens is 248 g/mol. The van der Waals surface area contributed by atoms with Crippen LogP contribution in [0.4, 0.5) is 9.80 Å². The van der Waals surface area contributed by atoms with E-state index < -0.39 is 0 Å². The summed E-state index contributed by atoms with van der Waals surface area (Å²) >= 11 is 1.56. The molecule has 1 aliphatic rings. The highest BCUT2D eigenvalue weighted by molar-refractivity contribution is 7.16. The van der Waals surface area contributed by atoms with Gasteiger partial charge in [-0.3, -0.25) is 5.32 Å². The third-order valence-electron chi connectivity index (χ3n) is 3.44. The zero-order valence-electron chi connectivity index (χ0n) is 10.6. The van der Waals surface area contributed by atoms with Gasteiger partial charge in [0.15, 0.2) is 0 Å². The number of aryl methyl sites for hydroxylation is 1. The van der Waals surface area contributed by atoms with E-state index in [1.165, 1.54) is 4.88 Å². The summed E-state index contributed by atoms with van der Waals surface area (Å²) < 4.78 is 0. The summed E-state index contributed by atoms with van der Waals surface area (Å²) in [6, 6.07) is 3.83. The van der Waals surface area contributed by atoms with Gasteiger partial charge in [0.05, 0.1) is 5.00 Å². The molecule has 18 heavy (non-hydrogen) atoms. The number of nitrogens with one attached hydrogen (secondary N) is 2. The monoisotopic (exact) mass is 268 g/mol. The molecule has 1 heterocycles. The number of rotatable bonds is 3. The molecule has 3 N–H and O–H groups in total. The van der Waals surface area contributed by atoms with Crippen molar-refractivity contribution in [1.29, 1.82) is 0 Å². The molecule has 1 aromatic heterocycles. The second kappa shape index (κ2) is 6.20. The standard InChI is InChI=1S/C13H20N2O2S/c1-9-6-7-12(18-9)15-13(17)14-11-5-3-2-4-10(11)8-16/h6-7,10-11,16H,2-5,8H2,1H3,(H2,14,15,17). The SMILES string of the molecule is Cc1ccc(NC(=O)NC2CCCCC2CO)s1. The van der Waals surface area contributed by atoms with E-state index in [9.17, 15) is 9.90 Å². The van der Waals surface area contributed by atoms with Crippen LogP contribution >= 0.6 is 11.3 Å². The van der Waals surface area contributed by atoms with Gasteiger partial charge in [-0.05, 0) is 31.9 Å². The fraction of sp³-hybridized carbons (Fsp3) is 0.615. The van der Waals surface area contributed by atoms with Crippen molar-refractivity contribution < 1.29 is 9.90 Å². The highest BCUT2D eigenvalue weighted by atomic mass is 32.1. The van der Waals surface area contributed by atoms with Crippen LogP contribution in [0.3, 0.4) is 0 Å². The van der Waals surface area contributed by atoms with Gasteiger partial charge in [-0.15, -0.1) is 11.3 Å². The van der Waals surface area contributed by atoms with Crippen LogP contribution in [0.2, 0.25) is 0 Å². The van der Waals surface area contributed by atoms with Crippen LogP contribution in [0.15, 0.2) is 12.1 Å². The number of hydrogen-bond donors (Lipinski definition) is 3. The largest absolute Gasteiger partial charge is 0.396 e. The Labute approximate surface area is 111 Å². The normalized spacial score (nSPS) is 23.7. The summed E-state index contributed by atoms with van der Waals surface area (Å²) in [5.74, 6) is 0.203. The van der Waals surface area contributed by atoms with Crippen molar-refractivity contribution in [3.05, 3.63) is 17.0 Å². The molecule has 2 atom stereocenters. The minimum atomic E-state index is -0.165. The molecule has 2 unspecified atom stereocenters. The summed E-state index contributed by atoms with van der Waals surface area (Å²) in [7, 11) is 0. The van der Waals surface area contributed by atoms with Crippen molar-refractivity contribution in [1.82, 2.24) is 5.32 Å². The van der Waals surface area contributed by atoms with E-state index >= 15 is 0 Å². The molecule has 4 nitrogen and oxygen atoms in total. The molecule has 0 saturated heterocycles. The maximum absolute atomic E-state index is 11.9. The molecule has 1 saturated carbocycles. The number of thiophene rings is 1. The van der Waals surface area contributed by atoms with Crippen LogP contribution in [0.5, 0.6) is 0 Å². The molecule has 5 heteroatoms. The number of hydrogen-bond acceptors (Lipinski definition) is 3. The number of carbonyl (C=O) groups excluding carboxylic acids is 1. The predicted molar refractivity (Wildman–Crippen MR) is 74.0 cm³/mol. The first kappa shape index (κ1) is 13.4. The minimum absolute atomic E-state index is 0.102. The Morgan fingerprint density at radius 1 is 1.44 bits per heavy atom. The molecule has 2 rings (SSSR count). The van der Waals surface area contributed by atoms with Crippen LogP contribution in [-0.2, 0) is 0 Å². The van der Waals surface area contributed by atoms with Gasteiger partial charge in [-0.1, -0.05) is 12.8 Å². The summed E-state index contributed by atoms with van der Waals surface area (Å²) in [6.07, 6.45) is 4.23. The number of urea groups is 1. The Morgan fingerprint density at radius 3 is 2.89 bits per heavy atom. The van der Waals surface area contributed by atoms with Gasteiger partial charge in [0.25, 0.3) is 0 Å². The van der Waals surface area contributed by atoms with E-state index in [2.05, 4.69) is 10.6 Å². The molecule has 1 aliphatic carbocycles. The minimum Gasteiger partial charge on any atom is -0.396 e. The van der Waals surface area contributed by atoms with Gasteiger partial charge in [0, 0.05) is 23.4 Å². The topological polar surface area (TPSA) is 61.4 Å². The molecule has 0 radical (unpaired) electrons. The van der Waals surface area contributed by atoms with E-state index in [0.717, 1.165) is 30.7 Å². The maximum Gasteiger partial charge on any atom is 0.320 e. The van der Waals surface area contributed by atoms with Gasteiger partial charge in [-0.25, -0.2) is 4.79 Å². The third-order valence-corrected chi connectivity index (χ3v) is 4.35.